The maximum atomic E-state index is 13.8. The third-order valence-electron chi connectivity index (χ3n) is 3.73. The SMILES string of the molecule is O=C(CCn1cc(Br)c([N+](=O)[O-])n1)Nc1ccn(Cc2c(F)cccc2Cl)n1. The minimum absolute atomic E-state index is 0.0390. The standard InChI is InChI=1S/C16H13BrClFN6O3/c17-11-9-24(22-16(11)25(27)28)7-5-15(26)20-14-4-6-23(21-14)8-10-12(18)2-1-3-13(10)19/h1-4,6,9H,5,7-8H2,(H,20,21,26). The summed E-state index contributed by atoms with van der Waals surface area (Å²) < 4.78 is 16.8. The van der Waals surface area contributed by atoms with Crippen LogP contribution >= 0.6 is 27.5 Å². The number of carbonyl (C=O) groups is 1. The highest BCUT2D eigenvalue weighted by Crippen LogP contribution is 2.22. The van der Waals surface area contributed by atoms with Crippen LogP contribution in [0.1, 0.15) is 12.0 Å². The van der Waals surface area contributed by atoms with Gasteiger partial charge in [0.05, 0.1) is 24.4 Å². The molecule has 0 radical (unpaired) electrons. The van der Waals surface area contributed by atoms with E-state index in [0.29, 0.717) is 16.4 Å². The van der Waals surface area contributed by atoms with Crippen LogP contribution in [0, 0.1) is 15.9 Å². The average molecular weight is 472 g/mol. The molecule has 28 heavy (non-hydrogen) atoms. The van der Waals surface area contributed by atoms with Crippen LogP contribution < -0.4 is 5.32 Å². The van der Waals surface area contributed by atoms with E-state index in [0.717, 1.165) is 0 Å². The third-order valence-corrected chi connectivity index (χ3v) is 4.64. The van der Waals surface area contributed by atoms with Gasteiger partial charge >= 0.3 is 5.82 Å². The Balaban J connectivity index is 1.57. The maximum Gasteiger partial charge on any atom is 0.404 e. The number of rotatable bonds is 7. The van der Waals surface area contributed by atoms with Crippen molar-refractivity contribution in [2.24, 2.45) is 0 Å². The van der Waals surface area contributed by atoms with Crippen LogP contribution in [0.15, 0.2) is 41.1 Å². The number of benzene rings is 1. The Kier molecular flexibility index (Phi) is 6.05. The van der Waals surface area contributed by atoms with Crippen LogP contribution in [0.5, 0.6) is 0 Å². The summed E-state index contributed by atoms with van der Waals surface area (Å²) in [5, 5.41) is 21.6. The predicted octanol–water partition coefficient (Wildman–Crippen LogP) is 3.62. The highest BCUT2D eigenvalue weighted by molar-refractivity contribution is 9.10. The van der Waals surface area contributed by atoms with E-state index < -0.39 is 10.7 Å². The van der Waals surface area contributed by atoms with E-state index in [1.807, 2.05) is 0 Å². The van der Waals surface area contributed by atoms with Gasteiger partial charge in [-0.25, -0.2) is 4.39 Å². The molecule has 0 bridgehead atoms. The highest BCUT2D eigenvalue weighted by atomic mass is 79.9. The molecule has 0 saturated heterocycles. The summed E-state index contributed by atoms with van der Waals surface area (Å²) in [6.45, 7) is 0.274. The lowest BCUT2D eigenvalue weighted by Crippen LogP contribution is -2.15. The lowest BCUT2D eigenvalue weighted by molar-refractivity contribution is -0.390. The van der Waals surface area contributed by atoms with Gasteiger partial charge in [0.1, 0.15) is 10.3 Å². The minimum atomic E-state index is -0.616. The Morgan fingerprint density at radius 1 is 1.32 bits per heavy atom. The topological polar surface area (TPSA) is 108 Å². The van der Waals surface area contributed by atoms with E-state index in [1.54, 1.807) is 18.3 Å². The van der Waals surface area contributed by atoms with Gasteiger partial charge in [-0.05, 0) is 33.0 Å². The van der Waals surface area contributed by atoms with E-state index in [4.69, 9.17) is 11.6 Å². The second-order valence-corrected chi connectivity index (χ2v) is 6.98. The van der Waals surface area contributed by atoms with Crippen molar-refractivity contribution in [3.63, 3.8) is 0 Å². The van der Waals surface area contributed by atoms with Crippen LogP contribution in [0.4, 0.5) is 16.0 Å². The fourth-order valence-electron chi connectivity index (χ4n) is 2.41. The van der Waals surface area contributed by atoms with Crippen molar-refractivity contribution in [3.8, 4) is 0 Å². The molecule has 0 atom stereocenters. The zero-order valence-electron chi connectivity index (χ0n) is 14.2. The number of amides is 1. The number of nitrogens with zero attached hydrogens (tertiary/aromatic N) is 5. The van der Waals surface area contributed by atoms with Crippen LogP contribution in [0.2, 0.25) is 5.02 Å². The van der Waals surface area contributed by atoms with Gasteiger partial charge in [-0.1, -0.05) is 17.7 Å². The first kappa shape index (κ1) is 20.0. The van der Waals surface area contributed by atoms with E-state index >= 15 is 0 Å². The molecule has 0 unspecified atom stereocenters. The number of anilines is 1. The van der Waals surface area contributed by atoms with Gasteiger partial charge in [0.25, 0.3) is 0 Å². The summed E-state index contributed by atoms with van der Waals surface area (Å²) in [6, 6.07) is 5.99. The number of hydrogen-bond acceptors (Lipinski definition) is 5. The van der Waals surface area contributed by atoms with E-state index in [-0.39, 0.29) is 35.7 Å². The monoisotopic (exact) mass is 470 g/mol. The van der Waals surface area contributed by atoms with Crippen molar-refractivity contribution < 1.29 is 14.1 Å². The summed E-state index contributed by atoms with van der Waals surface area (Å²) in [6.07, 6.45) is 3.06. The van der Waals surface area contributed by atoms with Crippen LogP contribution in [-0.4, -0.2) is 30.4 Å². The molecule has 0 saturated carbocycles. The van der Waals surface area contributed by atoms with E-state index in [9.17, 15) is 19.3 Å². The maximum absolute atomic E-state index is 13.8. The Hall–Kier alpha value is -2.79. The lowest BCUT2D eigenvalue weighted by Gasteiger charge is -2.06. The zero-order chi connectivity index (χ0) is 20.3. The molecule has 1 amide bonds. The molecular formula is C16H13BrClFN6O3. The molecule has 3 aromatic rings. The number of carbonyl (C=O) groups excluding carboxylic acids is 1. The molecule has 2 aromatic heterocycles. The smallest absolute Gasteiger partial charge is 0.358 e. The van der Waals surface area contributed by atoms with Crippen LogP contribution in [-0.2, 0) is 17.9 Å². The zero-order valence-corrected chi connectivity index (χ0v) is 16.5. The highest BCUT2D eigenvalue weighted by Gasteiger charge is 2.19. The van der Waals surface area contributed by atoms with Crippen LogP contribution in [0.25, 0.3) is 0 Å². The van der Waals surface area contributed by atoms with Gasteiger partial charge in [-0.15, -0.1) is 0 Å². The van der Waals surface area contributed by atoms with Gasteiger partial charge in [0, 0.05) is 29.3 Å². The van der Waals surface area contributed by atoms with Crippen molar-refractivity contribution in [1.29, 1.82) is 0 Å². The Bertz CT molecular complexity index is 1020. The molecule has 146 valence electrons. The first-order valence-corrected chi connectivity index (χ1v) is 9.14. The molecule has 0 fully saturated rings. The van der Waals surface area contributed by atoms with Gasteiger partial charge in [-0.3, -0.25) is 9.48 Å². The number of halogens is 3. The lowest BCUT2D eigenvalue weighted by atomic mass is 10.2. The molecule has 2 heterocycles. The normalized spacial score (nSPS) is 10.8. The van der Waals surface area contributed by atoms with Crippen molar-refractivity contribution in [3.05, 3.63) is 67.6 Å². The third kappa shape index (κ3) is 4.73. The Labute approximate surface area is 171 Å². The number of nitro groups is 1. The quantitative estimate of drug-likeness (QED) is 0.418. The number of nitrogens with one attached hydrogen (secondary N) is 1. The number of hydrogen-bond donors (Lipinski definition) is 1. The molecule has 0 aliphatic heterocycles. The van der Waals surface area contributed by atoms with Crippen molar-refractivity contribution >= 4 is 45.1 Å². The molecule has 12 heteroatoms. The van der Waals surface area contributed by atoms with Gasteiger partial charge in [0.15, 0.2) is 5.82 Å². The first-order valence-electron chi connectivity index (χ1n) is 7.97. The number of aromatic nitrogens is 4. The average Bonchev–Trinajstić information content (AvgIpc) is 3.23. The Morgan fingerprint density at radius 2 is 2.11 bits per heavy atom. The molecule has 0 spiro atoms. The predicted molar refractivity (Wildman–Crippen MR) is 103 cm³/mol. The van der Waals surface area contributed by atoms with Crippen molar-refractivity contribution in [1.82, 2.24) is 19.6 Å². The summed E-state index contributed by atoms with van der Waals surface area (Å²) in [7, 11) is 0. The summed E-state index contributed by atoms with van der Waals surface area (Å²) in [5.41, 5.74) is 0.302. The summed E-state index contributed by atoms with van der Waals surface area (Å²) in [5.74, 6) is -0.799. The molecule has 1 N–H and O–H groups in total. The summed E-state index contributed by atoms with van der Waals surface area (Å²) in [4.78, 5) is 22.2. The van der Waals surface area contributed by atoms with Gasteiger partial charge in [0.2, 0.25) is 5.91 Å². The second kappa shape index (κ2) is 8.48. The van der Waals surface area contributed by atoms with Gasteiger partial charge < -0.3 is 15.4 Å². The molecule has 3 rings (SSSR count). The van der Waals surface area contributed by atoms with Crippen molar-refractivity contribution in [2.75, 3.05) is 5.32 Å². The van der Waals surface area contributed by atoms with Crippen LogP contribution in [0.3, 0.4) is 0 Å². The summed E-state index contributed by atoms with van der Waals surface area (Å²) >= 11 is 9.04. The fourth-order valence-corrected chi connectivity index (χ4v) is 3.09. The van der Waals surface area contributed by atoms with E-state index in [1.165, 1.54) is 27.7 Å². The molecule has 0 aliphatic rings. The number of aryl methyl sites for hydroxylation is 1. The van der Waals surface area contributed by atoms with Crippen molar-refractivity contribution in [2.45, 2.75) is 19.5 Å². The van der Waals surface area contributed by atoms with Gasteiger partial charge in [-0.2, -0.15) is 9.78 Å². The largest absolute Gasteiger partial charge is 0.404 e. The fraction of sp³-hybridized carbons (Fsp3) is 0.188. The molecule has 1 aromatic carbocycles. The molecule has 0 aliphatic carbocycles. The minimum Gasteiger partial charge on any atom is -0.358 e. The second-order valence-electron chi connectivity index (χ2n) is 5.72. The Morgan fingerprint density at radius 3 is 2.79 bits per heavy atom. The first-order chi connectivity index (χ1) is 13.3. The van der Waals surface area contributed by atoms with E-state index in [2.05, 4.69) is 31.4 Å². The molecule has 9 nitrogen and oxygen atoms in total. The molecular weight excluding hydrogens is 459 g/mol.